The fraction of sp³-hybridized carbons (Fsp3) is 0.800. The van der Waals surface area contributed by atoms with E-state index in [1.807, 2.05) is 0 Å². The largest absolute Gasteiger partial charge is 0.452 e. The summed E-state index contributed by atoms with van der Waals surface area (Å²) in [5.74, 6) is -1.32. The quantitative estimate of drug-likeness (QED) is 0.572. The normalized spacial score (nSPS) is 28.3. The average molecular weight is 345 g/mol. The maximum absolute atomic E-state index is 12.2. The Morgan fingerprint density at radius 3 is 2.35 bits per heavy atom. The summed E-state index contributed by atoms with van der Waals surface area (Å²) in [6.45, 7) is 11.2. The first-order chi connectivity index (χ1) is 10.5. The lowest BCUT2D eigenvalue weighted by Gasteiger charge is -2.39. The van der Waals surface area contributed by atoms with Gasteiger partial charge in [0.25, 0.3) is 0 Å². The van der Waals surface area contributed by atoms with Gasteiger partial charge in [-0.05, 0) is 13.0 Å². The van der Waals surface area contributed by atoms with Gasteiger partial charge in [0.1, 0.15) is 12.1 Å². The van der Waals surface area contributed by atoms with Crippen molar-refractivity contribution in [2.75, 3.05) is 6.61 Å². The molecule has 0 unspecified atom stereocenters. The van der Waals surface area contributed by atoms with Crippen LogP contribution in [0.25, 0.3) is 0 Å². The van der Waals surface area contributed by atoms with Crippen molar-refractivity contribution in [3.8, 4) is 0 Å². The molecule has 1 amide bonds. The van der Waals surface area contributed by atoms with Gasteiger partial charge in [0.2, 0.25) is 11.7 Å². The number of ether oxygens (including phenoxy) is 3. The lowest BCUT2D eigenvalue weighted by Crippen LogP contribution is -2.62. The third-order valence-electron chi connectivity index (χ3n) is 3.44. The summed E-state index contributed by atoms with van der Waals surface area (Å²) in [6, 6.07) is 0.0713. The van der Waals surface area contributed by atoms with Crippen LogP contribution in [0.2, 0.25) is 25.7 Å². The predicted molar refractivity (Wildman–Crippen MR) is 86.6 cm³/mol. The maximum atomic E-state index is 12.2. The van der Waals surface area contributed by atoms with Crippen molar-refractivity contribution in [1.82, 2.24) is 5.32 Å². The molecule has 1 saturated heterocycles. The van der Waals surface area contributed by atoms with Gasteiger partial charge in [0, 0.05) is 28.5 Å². The van der Waals surface area contributed by atoms with E-state index >= 15 is 0 Å². The molecule has 0 bridgehead atoms. The van der Waals surface area contributed by atoms with Gasteiger partial charge in [0.15, 0.2) is 12.4 Å². The van der Waals surface area contributed by atoms with Crippen molar-refractivity contribution < 1.29 is 28.6 Å². The van der Waals surface area contributed by atoms with Crippen molar-refractivity contribution in [2.24, 2.45) is 0 Å². The molecular formula is C15H27NO6Si. The lowest BCUT2D eigenvalue weighted by molar-refractivity contribution is -0.223. The smallest absolute Gasteiger partial charge is 0.303 e. The Labute approximate surface area is 138 Å². The number of Topliss-reactive ketones (excluding diaryl/α,β-unsaturated/α-hetero) is 1. The van der Waals surface area contributed by atoms with Gasteiger partial charge in [-0.15, -0.1) is 0 Å². The zero-order chi connectivity index (χ0) is 17.8. The monoisotopic (exact) mass is 345 g/mol. The molecule has 0 aromatic rings. The molecule has 1 rings (SSSR count). The van der Waals surface area contributed by atoms with E-state index in [0.29, 0.717) is 6.61 Å². The van der Waals surface area contributed by atoms with Crippen molar-refractivity contribution in [2.45, 2.75) is 71.0 Å². The van der Waals surface area contributed by atoms with Gasteiger partial charge in [0.05, 0.1) is 0 Å². The van der Waals surface area contributed by atoms with Gasteiger partial charge >= 0.3 is 5.97 Å². The van der Waals surface area contributed by atoms with E-state index in [1.54, 1.807) is 6.92 Å². The Hall–Kier alpha value is -1.25. The molecule has 7 nitrogen and oxygen atoms in total. The molecule has 0 spiro atoms. The summed E-state index contributed by atoms with van der Waals surface area (Å²) in [6.07, 6.45) is -2.69. The fourth-order valence-electron chi connectivity index (χ4n) is 2.22. The number of hydrogen-bond donors (Lipinski definition) is 1. The summed E-state index contributed by atoms with van der Waals surface area (Å²) in [5, 5.41) is 2.61. The second-order valence-electron chi connectivity index (χ2n) is 6.99. The van der Waals surface area contributed by atoms with Gasteiger partial charge in [-0.25, -0.2) is 0 Å². The third kappa shape index (κ3) is 6.40. The molecule has 0 radical (unpaired) electrons. The van der Waals surface area contributed by atoms with Gasteiger partial charge in [-0.1, -0.05) is 19.6 Å². The Bertz CT molecular complexity index is 461. The Morgan fingerprint density at radius 2 is 1.87 bits per heavy atom. The Kier molecular flexibility index (Phi) is 6.91. The second kappa shape index (κ2) is 8.03. The highest BCUT2D eigenvalue weighted by atomic mass is 28.3. The minimum Gasteiger partial charge on any atom is -0.452 e. The van der Waals surface area contributed by atoms with Crippen LogP contribution >= 0.6 is 0 Å². The average Bonchev–Trinajstić information content (AvgIpc) is 2.37. The molecule has 0 saturated carbocycles. The number of amides is 1. The number of nitrogens with one attached hydrogen (secondary N) is 1. The molecule has 0 aliphatic carbocycles. The SMILES string of the molecule is CC(=O)N[C@H]1[C@H](OCC[Si](C)(C)C)O[C@H](C)C(=O)[C@@H]1OC(C)=O. The van der Waals surface area contributed by atoms with E-state index in [9.17, 15) is 14.4 Å². The van der Waals surface area contributed by atoms with Gasteiger partial charge < -0.3 is 19.5 Å². The number of hydrogen-bond acceptors (Lipinski definition) is 6. The molecule has 4 atom stereocenters. The van der Waals surface area contributed by atoms with Crippen molar-refractivity contribution in [1.29, 1.82) is 0 Å². The topological polar surface area (TPSA) is 90.9 Å². The summed E-state index contributed by atoms with van der Waals surface area (Å²) in [5.41, 5.74) is 0. The van der Waals surface area contributed by atoms with Crippen LogP contribution in [0.5, 0.6) is 0 Å². The number of rotatable bonds is 6. The zero-order valence-corrected chi connectivity index (χ0v) is 15.7. The molecular weight excluding hydrogens is 318 g/mol. The number of carbonyl (C=O) groups is 3. The first-order valence-corrected chi connectivity index (χ1v) is 11.5. The van der Waals surface area contributed by atoms with E-state index in [-0.39, 0.29) is 11.7 Å². The van der Waals surface area contributed by atoms with Crippen molar-refractivity contribution in [3.05, 3.63) is 0 Å². The maximum Gasteiger partial charge on any atom is 0.303 e. The van der Waals surface area contributed by atoms with Crippen LogP contribution < -0.4 is 5.32 Å². The summed E-state index contributed by atoms with van der Waals surface area (Å²) < 4.78 is 16.4. The highest BCUT2D eigenvalue weighted by Crippen LogP contribution is 2.22. The molecule has 1 heterocycles. The second-order valence-corrected chi connectivity index (χ2v) is 12.6. The minimum atomic E-state index is -1.29. The molecule has 0 aromatic carbocycles. The van der Waals surface area contributed by atoms with Crippen LogP contribution in [0.15, 0.2) is 0 Å². The highest BCUT2D eigenvalue weighted by molar-refractivity contribution is 6.76. The van der Waals surface area contributed by atoms with E-state index in [1.165, 1.54) is 13.8 Å². The number of carbonyl (C=O) groups excluding carboxylic acids is 3. The highest BCUT2D eigenvalue weighted by Gasteiger charge is 2.46. The fourth-order valence-corrected chi connectivity index (χ4v) is 2.95. The van der Waals surface area contributed by atoms with Gasteiger partial charge in [-0.2, -0.15) is 0 Å². The van der Waals surface area contributed by atoms with Gasteiger partial charge in [-0.3, -0.25) is 14.4 Å². The van der Waals surface area contributed by atoms with Crippen LogP contribution in [0.4, 0.5) is 0 Å². The molecule has 8 heteroatoms. The first kappa shape index (κ1) is 19.8. The Morgan fingerprint density at radius 1 is 1.26 bits per heavy atom. The molecule has 1 aliphatic heterocycles. The van der Waals surface area contributed by atoms with Crippen LogP contribution in [-0.4, -0.2) is 56.9 Å². The molecule has 23 heavy (non-hydrogen) atoms. The third-order valence-corrected chi connectivity index (χ3v) is 5.14. The summed E-state index contributed by atoms with van der Waals surface area (Å²) >= 11 is 0. The van der Waals surface area contributed by atoms with Crippen LogP contribution in [0.1, 0.15) is 20.8 Å². The first-order valence-electron chi connectivity index (χ1n) is 7.76. The summed E-state index contributed by atoms with van der Waals surface area (Å²) in [7, 11) is -1.29. The number of ketones is 1. The Balaban J connectivity index is 2.88. The molecule has 1 N–H and O–H groups in total. The molecule has 1 aliphatic rings. The summed E-state index contributed by atoms with van der Waals surface area (Å²) in [4.78, 5) is 35.0. The van der Waals surface area contributed by atoms with E-state index in [4.69, 9.17) is 14.2 Å². The molecule has 1 fully saturated rings. The van der Waals surface area contributed by atoms with E-state index in [2.05, 4.69) is 25.0 Å². The minimum absolute atomic E-state index is 0.350. The van der Waals surface area contributed by atoms with Crippen LogP contribution in [-0.2, 0) is 28.6 Å². The zero-order valence-electron chi connectivity index (χ0n) is 14.7. The lowest BCUT2D eigenvalue weighted by atomic mass is 9.99. The van der Waals surface area contributed by atoms with Crippen LogP contribution in [0, 0.1) is 0 Å². The van der Waals surface area contributed by atoms with Crippen molar-refractivity contribution >= 4 is 25.7 Å². The van der Waals surface area contributed by atoms with E-state index < -0.39 is 38.6 Å². The molecule has 132 valence electrons. The number of esters is 1. The standard InChI is InChI=1S/C15H27NO6Si/c1-9-13(19)14(22-11(3)18)12(16-10(2)17)15(21-9)20-7-8-23(4,5)6/h9,12,14-15H,7-8H2,1-6H3,(H,16,17)/t9-,12-,14-,15-/m1/s1. The molecule has 0 aromatic heterocycles. The predicted octanol–water partition coefficient (Wildman–Crippen LogP) is 1.09. The van der Waals surface area contributed by atoms with E-state index in [0.717, 1.165) is 6.04 Å². The van der Waals surface area contributed by atoms with Crippen LogP contribution in [0.3, 0.4) is 0 Å². The van der Waals surface area contributed by atoms with Crippen molar-refractivity contribution in [3.63, 3.8) is 0 Å².